The number of halogens is 2. The highest BCUT2D eigenvalue weighted by Crippen LogP contribution is 1.99. The van der Waals surface area contributed by atoms with E-state index in [9.17, 15) is 4.79 Å². The Labute approximate surface area is 90.5 Å². The number of carbonyl (C=O) groups excluding carboxylic acids is 1. The van der Waals surface area contributed by atoms with Gasteiger partial charge in [0.1, 0.15) is 0 Å². The monoisotopic (exact) mass is 293 g/mol. The molecule has 0 aliphatic heterocycles. The molecule has 0 N–H and O–H groups in total. The summed E-state index contributed by atoms with van der Waals surface area (Å²) >= 11 is 3.34. The van der Waals surface area contributed by atoms with Crippen LogP contribution in [-0.4, -0.2) is 5.78 Å². The predicted octanol–water partition coefficient (Wildman–Crippen LogP) is -1.67. The standard InChI is InChI=1S/C8H9BrNO.BrH/c1-7(11)6-10-5-3-2-4-8(10)9;/h2-5H,6H2,1H3;1H/q+1;/p-1. The van der Waals surface area contributed by atoms with Crippen molar-refractivity contribution in [3.63, 3.8) is 0 Å². The molecule has 1 heterocycles. The Kier molecular flexibility index (Phi) is 5.33. The molecule has 0 aromatic carbocycles. The topological polar surface area (TPSA) is 20.9 Å². The summed E-state index contributed by atoms with van der Waals surface area (Å²) in [5.41, 5.74) is 0. The molecule has 66 valence electrons. The third kappa shape index (κ3) is 3.45. The van der Waals surface area contributed by atoms with Crippen molar-refractivity contribution in [3.05, 3.63) is 29.0 Å². The number of hydrogen-bond acceptors (Lipinski definition) is 1. The van der Waals surface area contributed by atoms with Crippen molar-refractivity contribution in [2.45, 2.75) is 13.5 Å². The van der Waals surface area contributed by atoms with E-state index < -0.39 is 0 Å². The molecule has 2 nitrogen and oxygen atoms in total. The van der Waals surface area contributed by atoms with E-state index in [4.69, 9.17) is 0 Å². The zero-order valence-corrected chi connectivity index (χ0v) is 9.80. The molecule has 0 unspecified atom stereocenters. The fourth-order valence-corrected chi connectivity index (χ4v) is 1.22. The number of carbonyl (C=O) groups is 1. The minimum absolute atomic E-state index is 0. The summed E-state index contributed by atoms with van der Waals surface area (Å²) in [7, 11) is 0. The second kappa shape index (κ2) is 5.43. The predicted molar refractivity (Wildman–Crippen MR) is 45.0 cm³/mol. The van der Waals surface area contributed by atoms with Crippen molar-refractivity contribution in [1.82, 2.24) is 0 Å². The van der Waals surface area contributed by atoms with Gasteiger partial charge >= 0.3 is 0 Å². The number of ketones is 1. The molecule has 0 atom stereocenters. The van der Waals surface area contributed by atoms with E-state index in [-0.39, 0.29) is 22.8 Å². The van der Waals surface area contributed by atoms with Crippen LogP contribution in [0.4, 0.5) is 0 Å². The molecule has 1 aromatic rings. The van der Waals surface area contributed by atoms with Crippen LogP contribution in [0.15, 0.2) is 29.0 Å². The van der Waals surface area contributed by atoms with E-state index >= 15 is 0 Å². The van der Waals surface area contributed by atoms with Crippen molar-refractivity contribution in [3.8, 4) is 0 Å². The summed E-state index contributed by atoms with van der Waals surface area (Å²) in [5.74, 6) is 0.155. The van der Waals surface area contributed by atoms with E-state index in [1.54, 1.807) is 6.92 Å². The number of Topliss-reactive ketones (excluding diaryl/α,β-unsaturated/α-hetero) is 1. The molecule has 0 aliphatic carbocycles. The lowest BCUT2D eigenvalue weighted by atomic mass is 10.4. The van der Waals surface area contributed by atoms with Gasteiger partial charge in [-0.1, -0.05) is 0 Å². The molecule has 1 rings (SSSR count). The fourth-order valence-electron chi connectivity index (χ4n) is 0.824. The van der Waals surface area contributed by atoms with Crippen molar-refractivity contribution in [1.29, 1.82) is 0 Å². The zero-order valence-electron chi connectivity index (χ0n) is 6.63. The van der Waals surface area contributed by atoms with E-state index in [1.807, 2.05) is 29.0 Å². The summed E-state index contributed by atoms with van der Waals surface area (Å²) in [6.45, 7) is 2.01. The highest BCUT2D eigenvalue weighted by molar-refractivity contribution is 9.10. The van der Waals surface area contributed by atoms with Gasteiger partial charge in [0.25, 0.3) is 0 Å². The maximum Gasteiger partial charge on any atom is 0.248 e. The van der Waals surface area contributed by atoms with Gasteiger partial charge in [-0.2, -0.15) is 4.57 Å². The van der Waals surface area contributed by atoms with Crippen LogP contribution in [0.1, 0.15) is 6.92 Å². The number of rotatable bonds is 2. The minimum atomic E-state index is 0. The summed E-state index contributed by atoms with van der Waals surface area (Å²) in [6, 6.07) is 5.72. The maximum atomic E-state index is 10.7. The fraction of sp³-hybridized carbons (Fsp3) is 0.250. The maximum absolute atomic E-state index is 10.7. The van der Waals surface area contributed by atoms with Gasteiger partial charge < -0.3 is 17.0 Å². The SMILES string of the molecule is CC(=O)C[n+]1ccccc1Br.[Br-]. The average molecular weight is 295 g/mol. The molecule has 0 saturated carbocycles. The van der Waals surface area contributed by atoms with Gasteiger partial charge in [0.05, 0.1) is 0 Å². The third-order valence-electron chi connectivity index (χ3n) is 1.28. The van der Waals surface area contributed by atoms with Gasteiger partial charge in [-0.25, -0.2) is 0 Å². The highest BCUT2D eigenvalue weighted by Gasteiger charge is 2.07. The lowest BCUT2D eigenvalue weighted by molar-refractivity contribution is -0.694. The lowest BCUT2D eigenvalue weighted by Crippen LogP contribution is -3.00. The van der Waals surface area contributed by atoms with Crippen molar-refractivity contribution < 1.29 is 26.3 Å². The van der Waals surface area contributed by atoms with Gasteiger partial charge in [-0.05, 0) is 6.07 Å². The van der Waals surface area contributed by atoms with E-state index in [2.05, 4.69) is 15.9 Å². The Morgan fingerprint density at radius 1 is 1.58 bits per heavy atom. The smallest absolute Gasteiger partial charge is 0.248 e. The Morgan fingerprint density at radius 3 is 2.75 bits per heavy atom. The van der Waals surface area contributed by atoms with Crippen LogP contribution in [0, 0.1) is 0 Å². The Morgan fingerprint density at radius 2 is 2.25 bits per heavy atom. The van der Waals surface area contributed by atoms with E-state index in [0.717, 1.165) is 4.60 Å². The molecule has 12 heavy (non-hydrogen) atoms. The van der Waals surface area contributed by atoms with Gasteiger partial charge in [-0.3, -0.25) is 4.79 Å². The largest absolute Gasteiger partial charge is 1.00 e. The molecule has 4 heteroatoms. The van der Waals surface area contributed by atoms with Crippen molar-refractivity contribution in [2.24, 2.45) is 0 Å². The molecule has 0 fully saturated rings. The van der Waals surface area contributed by atoms with Gasteiger partial charge in [-0.15, -0.1) is 0 Å². The molecule has 0 amide bonds. The highest BCUT2D eigenvalue weighted by atomic mass is 79.9. The summed E-state index contributed by atoms with van der Waals surface area (Å²) < 4.78 is 2.78. The first-order valence-corrected chi connectivity index (χ1v) is 4.13. The molecular formula is C8H9Br2NO. The van der Waals surface area contributed by atoms with Gasteiger partial charge in [0.15, 0.2) is 12.0 Å². The average Bonchev–Trinajstić information content (AvgIpc) is 1.93. The minimum Gasteiger partial charge on any atom is -1.00 e. The lowest BCUT2D eigenvalue weighted by Gasteiger charge is -1.93. The van der Waals surface area contributed by atoms with Crippen molar-refractivity contribution in [2.75, 3.05) is 0 Å². The molecule has 1 aromatic heterocycles. The van der Waals surface area contributed by atoms with Crippen LogP contribution < -0.4 is 21.5 Å². The summed E-state index contributed by atoms with van der Waals surface area (Å²) in [5, 5.41) is 0. The second-order valence-corrected chi connectivity index (χ2v) is 3.17. The van der Waals surface area contributed by atoms with Crippen LogP contribution in [0.2, 0.25) is 0 Å². The van der Waals surface area contributed by atoms with Crippen LogP contribution in [0.5, 0.6) is 0 Å². The third-order valence-corrected chi connectivity index (χ3v) is 2.00. The summed E-state index contributed by atoms with van der Waals surface area (Å²) in [4.78, 5) is 10.7. The quantitative estimate of drug-likeness (QED) is 0.472. The number of aromatic nitrogens is 1. The van der Waals surface area contributed by atoms with Gasteiger partial charge in [0, 0.05) is 35.0 Å². The number of hydrogen-bond donors (Lipinski definition) is 0. The zero-order chi connectivity index (χ0) is 8.27. The second-order valence-electron chi connectivity index (χ2n) is 2.35. The molecule has 0 saturated heterocycles. The first-order valence-electron chi connectivity index (χ1n) is 3.33. The molecule has 0 spiro atoms. The Balaban J connectivity index is 0.00000121. The molecule has 0 bridgehead atoms. The van der Waals surface area contributed by atoms with Crippen LogP contribution >= 0.6 is 15.9 Å². The molecular weight excluding hydrogens is 286 g/mol. The van der Waals surface area contributed by atoms with E-state index in [1.165, 1.54) is 0 Å². The van der Waals surface area contributed by atoms with Crippen LogP contribution in [0.25, 0.3) is 0 Å². The Bertz CT molecular complexity index is 276. The van der Waals surface area contributed by atoms with E-state index in [0.29, 0.717) is 6.54 Å². The van der Waals surface area contributed by atoms with Crippen LogP contribution in [-0.2, 0) is 11.3 Å². The molecule has 0 radical (unpaired) electrons. The van der Waals surface area contributed by atoms with Crippen molar-refractivity contribution >= 4 is 21.7 Å². The number of nitrogens with zero attached hydrogens (tertiary/aromatic N) is 1. The van der Waals surface area contributed by atoms with Gasteiger partial charge in [0.2, 0.25) is 11.1 Å². The first kappa shape index (κ1) is 11.8. The Hall–Kier alpha value is -0.220. The normalized spacial score (nSPS) is 8.83. The summed E-state index contributed by atoms with van der Waals surface area (Å²) in [6.07, 6.45) is 1.87. The first-order chi connectivity index (χ1) is 5.20. The molecule has 0 aliphatic rings. The number of pyridine rings is 1. The van der Waals surface area contributed by atoms with Crippen LogP contribution in [0.3, 0.4) is 0 Å².